The molecule has 0 spiro atoms. The number of carbonyl (C=O) groups is 1. The molecule has 0 bridgehead atoms. The van der Waals surface area contributed by atoms with E-state index in [0.717, 1.165) is 50.0 Å². The second-order valence-corrected chi connectivity index (χ2v) is 7.69. The molecule has 1 aromatic heterocycles. The predicted octanol–water partition coefficient (Wildman–Crippen LogP) is 1.06. The summed E-state index contributed by atoms with van der Waals surface area (Å²) in [6.45, 7) is 3.64. The van der Waals surface area contributed by atoms with Crippen molar-refractivity contribution < 1.29 is 9.69 Å². The fourth-order valence-electron chi connectivity index (χ4n) is 3.90. The van der Waals surface area contributed by atoms with Crippen LogP contribution < -0.4 is 15.8 Å². The van der Waals surface area contributed by atoms with Crippen LogP contribution in [0.15, 0.2) is 29.1 Å². The van der Waals surface area contributed by atoms with Gasteiger partial charge in [-0.2, -0.15) is 5.26 Å². The number of para-hydroxylation sites is 1. The molecule has 1 aliphatic carbocycles. The second kappa shape index (κ2) is 8.98. The van der Waals surface area contributed by atoms with E-state index in [9.17, 15) is 14.9 Å². The Morgan fingerprint density at radius 1 is 1.36 bits per heavy atom. The maximum absolute atomic E-state index is 12.6. The van der Waals surface area contributed by atoms with Crippen molar-refractivity contribution in [3.63, 3.8) is 0 Å². The molecule has 3 N–H and O–H groups in total. The van der Waals surface area contributed by atoms with E-state index in [1.807, 2.05) is 18.2 Å². The largest absolute Gasteiger partial charge is 0.333 e. The SMILES string of the molecule is CCCC[NH+](CC(=O)NC1(C#N)CCCC1)Cc1nc2ccccc2c(=O)[nH]1. The molecule has 7 heteroatoms. The van der Waals surface area contributed by atoms with Crippen LogP contribution in [0, 0.1) is 11.3 Å². The van der Waals surface area contributed by atoms with Crippen LogP contribution in [0.4, 0.5) is 0 Å². The van der Waals surface area contributed by atoms with E-state index in [-0.39, 0.29) is 18.0 Å². The Kier molecular flexibility index (Phi) is 6.42. The molecule has 1 heterocycles. The quantitative estimate of drug-likeness (QED) is 0.635. The number of unbranched alkanes of at least 4 members (excludes halogenated alkanes) is 1. The van der Waals surface area contributed by atoms with Gasteiger partial charge in [0.2, 0.25) is 0 Å². The number of carbonyl (C=O) groups excluding carboxylic acids is 1. The molecule has 2 aromatic rings. The Hall–Kier alpha value is -2.72. The van der Waals surface area contributed by atoms with Gasteiger partial charge in [-0.15, -0.1) is 0 Å². The molecule has 1 aliphatic rings. The molecule has 1 fully saturated rings. The third-order valence-corrected chi connectivity index (χ3v) is 5.42. The minimum atomic E-state index is -0.706. The molecule has 1 aromatic carbocycles. The van der Waals surface area contributed by atoms with Crippen molar-refractivity contribution in [3.8, 4) is 6.07 Å². The zero-order chi connectivity index (χ0) is 20.0. The zero-order valence-corrected chi connectivity index (χ0v) is 16.4. The van der Waals surface area contributed by atoms with Crippen LogP contribution in [0.3, 0.4) is 0 Å². The molecule has 0 saturated heterocycles. The molecule has 1 amide bonds. The number of aromatic nitrogens is 2. The van der Waals surface area contributed by atoms with Crippen molar-refractivity contribution in [1.29, 1.82) is 5.26 Å². The molecule has 28 heavy (non-hydrogen) atoms. The van der Waals surface area contributed by atoms with Crippen LogP contribution in [0.25, 0.3) is 10.9 Å². The van der Waals surface area contributed by atoms with Crippen molar-refractivity contribution in [2.45, 2.75) is 57.5 Å². The number of fused-ring (bicyclic) bond motifs is 1. The normalized spacial score (nSPS) is 16.6. The fourth-order valence-corrected chi connectivity index (χ4v) is 3.90. The van der Waals surface area contributed by atoms with E-state index >= 15 is 0 Å². The minimum absolute atomic E-state index is 0.113. The molecule has 3 rings (SSSR count). The van der Waals surface area contributed by atoms with Gasteiger partial charge in [-0.05, 0) is 44.2 Å². The summed E-state index contributed by atoms with van der Waals surface area (Å²) in [5.41, 5.74) is -0.202. The standard InChI is InChI=1S/C21H27N5O2/c1-2-3-12-26(14-19(27)25-21(15-22)10-6-7-11-21)13-18-23-17-9-5-4-8-16(17)20(28)24-18/h4-5,8-9H,2-3,6-7,10-14H2,1H3,(H,25,27)(H,23,24,28)/p+1. The van der Waals surface area contributed by atoms with Gasteiger partial charge in [0.25, 0.3) is 11.5 Å². The van der Waals surface area contributed by atoms with Crippen LogP contribution in [0.1, 0.15) is 51.3 Å². The van der Waals surface area contributed by atoms with Gasteiger partial charge in [-0.3, -0.25) is 9.59 Å². The Labute approximate surface area is 164 Å². The molecule has 0 radical (unpaired) electrons. The summed E-state index contributed by atoms with van der Waals surface area (Å²) in [6.07, 6.45) is 5.39. The van der Waals surface area contributed by atoms with E-state index in [4.69, 9.17) is 0 Å². The summed E-state index contributed by atoms with van der Waals surface area (Å²) in [5.74, 6) is 0.469. The number of nitriles is 1. The van der Waals surface area contributed by atoms with Gasteiger partial charge >= 0.3 is 0 Å². The summed E-state index contributed by atoms with van der Waals surface area (Å²) in [4.78, 5) is 33.4. The van der Waals surface area contributed by atoms with Crippen molar-refractivity contribution >= 4 is 16.8 Å². The first kappa shape index (κ1) is 20.0. The topological polar surface area (TPSA) is 103 Å². The summed E-state index contributed by atoms with van der Waals surface area (Å²) < 4.78 is 0. The van der Waals surface area contributed by atoms with Crippen molar-refractivity contribution in [2.75, 3.05) is 13.1 Å². The maximum atomic E-state index is 12.6. The summed E-state index contributed by atoms with van der Waals surface area (Å²) in [5, 5.41) is 13.0. The number of hydrogen-bond donors (Lipinski definition) is 3. The van der Waals surface area contributed by atoms with E-state index < -0.39 is 5.54 Å². The van der Waals surface area contributed by atoms with Crippen LogP contribution in [-0.2, 0) is 11.3 Å². The van der Waals surface area contributed by atoms with E-state index in [2.05, 4.69) is 28.3 Å². The molecular formula is C21H28N5O2+. The first-order valence-corrected chi connectivity index (χ1v) is 10.1. The highest BCUT2D eigenvalue weighted by Crippen LogP contribution is 2.28. The number of quaternary nitrogens is 1. The lowest BCUT2D eigenvalue weighted by Gasteiger charge is -2.24. The molecule has 1 atom stereocenters. The first-order valence-electron chi connectivity index (χ1n) is 10.1. The number of benzene rings is 1. The van der Waals surface area contributed by atoms with Gasteiger partial charge in [0.15, 0.2) is 12.4 Å². The highest BCUT2D eigenvalue weighted by Gasteiger charge is 2.36. The van der Waals surface area contributed by atoms with E-state index in [1.165, 1.54) is 0 Å². The number of hydrogen-bond acceptors (Lipinski definition) is 4. The predicted molar refractivity (Wildman–Crippen MR) is 107 cm³/mol. The van der Waals surface area contributed by atoms with Crippen molar-refractivity contribution in [3.05, 3.63) is 40.4 Å². The molecular weight excluding hydrogens is 354 g/mol. The number of nitrogens with zero attached hydrogens (tertiary/aromatic N) is 2. The molecule has 0 aliphatic heterocycles. The monoisotopic (exact) mass is 382 g/mol. The first-order chi connectivity index (χ1) is 13.5. The van der Waals surface area contributed by atoms with Gasteiger partial charge in [0, 0.05) is 0 Å². The lowest BCUT2D eigenvalue weighted by Crippen LogP contribution is -3.12. The third-order valence-electron chi connectivity index (χ3n) is 5.42. The highest BCUT2D eigenvalue weighted by atomic mass is 16.2. The van der Waals surface area contributed by atoms with E-state index in [1.54, 1.807) is 6.07 Å². The van der Waals surface area contributed by atoms with Crippen molar-refractivity contribution in [1.82, 2.24) is 15.3 Å². The van der Waals surface area contributed by atoms with Crippen LogP contribution >= 0.6 is 0 Å². The Bertz CT molecular complexity index is 924. The lowest BCUT2D eigenvalue weighted by molar-refractivity contribution is -0.906. The highest BCUT2D eigenvalue weighted by molar-refractivity contribution is 5.78. The Balaban J connectivity index is 1.72. The maximum Gasteiger partial charge on any atom is 0.276 e. The van der Waals surface area contributed by atoms with Gasteiger partial charge in [0.1, 0.15) is 12.1 Å². The number of aromatic amines is 1. The molecule has 148 valence electrons. The summed E-state index contributed by atoms with van der Waals surface area (Å²) >= 11 is 0. The molecule has 1 unspecified atom stereocenters. The minimum Gasteiger partial charge on any atom is -0.333 e. The lowest BCUT2D eigenvalue weighted by atomic mass is 10.00. The van der Waals surface area contributed by atoms with Gasteiger partial charge < -0.3 is 15.2 Å². The smallest absolute Gasteiger partial charge is 0.276 e. The van der Waals surface area contributed by atoms with Crippen LogP contribution in [0.2, 0.25) is 0 Å². The Morgan fingerprint density at radius 3 is 2.82 bits per heavy atom. The third kappa shape index (κ3) is 4.76. The van der Waals surface area contributed by atoms with Crippen LogP contribution in [-0.4, -0.2) is 34.5 Å². The fraction of sp³-hybridized carbons (Fsp3) is 0.524. The number of H-pyrrole nitrogens is 1. The van der Waals surface area contributed by atoms with Gasteiger partial charge in [-0.25, -0.2) is 4.98 Å². The molecule has 1 saturated carbocycles. The zero-order valence-electron chi connectivity index (χ0n) is 16.4. The summed E-state index contributed by atoms with van der Waals surface area (Å²) in [7, 11) is 0. The summed E-state index contributed by atoms with van der Waals surface area (Å²) in [6, 6.07) is 9.55. The second-order valence-electron chi connectivity index (χ2n) is 7.69. The van der Waals surface area contributed by atoms with Crippen molar-refractivity contribution in [2.24, 2.45) is 0 Å². The number of rotatable bonds is 8. The van der Waals surface area contributed by atoms with Crippen LogP contribution in [0.5, 0.6) is 0 Å². The molecule has 7 nitrogen and oxygen atoms in total. The van der Waals surface area contributed by atoms with E-state index in [0.29, 0.717) is 23.3 Å². The van der Waals surface area contributed by atoms with Gasteiger partial charge in [0.05, 0.1) is 23.5 Å². The average molecular weight is 382 g/mol. The van der Waals surface area contributed by atoms with Gasteiger partial charge in [-0.1, -0.05) is 25.5 Å². The number of amides is 1. The Morgan fingerprint density at radius 2 is 2.11 bits per heavy atom. The number of nitrogens with one attached hydrogen (secondary N) is 3. The average Bonchev–Trinajstić information content (AvgIpc) is 3.15.